The van der Waals surface area contributed by atoms with Gasteiger partial charge in [-0.3, -0.25) is 9.78 Å². The van der Waals surface area contributed by atoms with Gasteiger partial charge in [0.25, 0.3) is 5.91 Å². The number of benzene rings is 2. The van der Waals surface area contributed by atoms with Crippen molar-refractivity contribution in [2.75, 3.05) is 17.3 Å². The van der Waals surface area contributed by atoms with E-state index in [1.165, 1.54) is 25.1 Å². The Bertz CT molecular complexity index is 1330. The molecule has 1 N–H and O–H groups in total. The van der Waals surface area contributed by atoms with Gasteiger partial charge in [0, 0.05) is 48.4 Å². The summed E-state index contributed by atoms with van der Waals surface area (Å²) in [6.45, 7) is -0.738. The minimum Gasteiger partial charge on any atom is -0.461 e. The Morgan fingerprint density at radius 2 is 1.92 bits per heavy atom. The number of nitrogens with zero attached hydrogens (tertiary/aromatic N) is 2. The normalized spacial score (nSPS) is 15.3. The maximum Gasteiger partial charge on any atom is 0.387 e. The number of rotatable bonds is 11. The summed E-state index contributed by atoms with van der Waals surface area (Å²) in [6, 6.07) is 14.6. The van der Waals surface area contributed by atoms with E-state index >= 15 is 0 Å². The maximum atomic E-state index is 13.1. The minimum absolute atomic E-state index is 0.103. The molecule has 2 aromatic carbocycles. The molecule has 0 radical (unpaired) electrons. The van der Waals surface area contributed by atoms with Crippen LogP contribution in [0.4, 0.5) is 20.2 Å². The van der Waals surface area contributed by atoms with E-state index in [1.54, 1.807) is 42.7 Å². The highest BCUT2D eigenvalue weighted by molar-refractivity contribution is 7.90. The lowest BCUT2D eigenvalue weighted by molar-refractivity contribution is -0.0632. The van der Waals surface area contributed by atoms with Crippen LogP contribution < -0.4 is 19.1 Å². The van der Waals surface area contributed by atoms with Gasteiger partial charge in [-0.2, -0.15) is 8.78 Å². The molecule has 0 saturated carbocycles. The number of alkyl halides is 2. The zero-order chi connectivity index (χ0) is 27.1. The summed E-state index contributed by atoms with van der Waals surface area (Å²) in [7, 11) is -3.71. The molecule has 1 unspecified atom stereocenters. The Morgan fingerprint density at radius 3 is 2.55 bits per heavy atom. The summed E-state index contributed by atoms with van der Waals surface area (Å²) in [5, 5.41) is 0. The first-order valence-electron chi connectivity index (χ1n) is 11.9. The van der Waals surface area contributed by atoms with Gasteiger partial charge in [0.15, 0.2) is 17.8 Å². The van der Waals surface area contributed by atoms with Gasteiger partial charge < -0.3 is 19.1 Å². The number of anilines is 2. The number of hydrogen-bond acceptors (Lipinski definition) is 8. The van der Waals surface area contributed by atoms with Crippen molar-refractivity contribution in [1.29, 1.82) is 0 Å². The summed E-state index contributed by atoms with van der Waals surface area (Å²) in [4.78, 5) is 18.4. The lowest BCUT2D eigenvalue weighted by Gasteiger charge is -2.27. The molecule has 12 heteroatoms. The van der Waals surface area contributed by atoms with Crippen molar-refractivity contribution in [3.8, 4) is 11.5 Å². The molecule has 1 aliphatic heterocycles. The molecule has 1 aliphatic rings. The van der Waals surface area contributed by atoms with Crippen LogP contribution in [-0.2, 0) is 21.3 Å². The average molecular weight is 548 g/mol. The third-order valence-electron chi connectivity index (χ3n) is 5.73. The number of nitrogens with one attached hydrogen (secondary N) is 1. The molecule has 1 atom stereocenters. The fraction of sp³-hybridized carbons (Fsp3) is 0.308. The van der Waals surface area contributed by atoms with Crippen LogP contribution in [0.5, 0.6) is 11.5 Å². The fourth-order valence-electron chi connectivity index (χ4n) is 3.80. The summed E-state index contributed by atoms with van der Waals surface area (Å²) in [5.74, 6) is -0.980. The van der Waals surface area contributed by atoms with Crippen molar-refractivity contribution in [2.24, 2.45) is 0 Å². The summed E-state index contributed by atoms with van der Waals surface area (Å²) < 4.78 is 67.7. The van der Waals surface area contributed by atoms with Gasteiger partial charge in [-0.05, 0) is 61.4 Å². The molecule has 4 rings (SSSR count). The molecule has 0 aliphatic carbocycles. The van der Waals surface area contributed by atoms with Crippen molar-refractivity contribution < 1.29 is 36.2 Å². The van der Waals surface area contributed by atoms with Crippen molar-refractivity contribution in [1.82, 2.24) is 9.71 Å². The highest BCUT2D eigenvalue weighted by atomic mass is 32.2. The highest BCUT2D eigenvalue weighted by Crippen LogP contribution is 2.38. The van der Waals surface area contributed by atoms with E-state index in [0.29, 0.717) is 30.9 Å². The second-order valence-electron chi connectivity index (χ2n) is 8.40. The van der Waals surface area contributed by atoms with Crippen LogP contribution in [0.2, 0.25) is 0 Å². The summed E-state index contributed by atoms with van der Waals surface area (Å²) in [5.41, 5.74) is 2.26. The van der Waals surface area contributed by atoms with Crippen LogP contribution in [0.15, 0.2) is 67.0 Å². The largest absolute Gasteiger partial charge is 0.461 e. The first kappa shape index (κ1) is 27.3. The average Bonchev–Trinajstić information content (AvgIpc) is 3.42. The Hall–Kier alpha value is -3.77. The number of carbonyl (C=O) groups excluding carboxylic acids is 1. The van der Waals surface area contributed by atoms with Gasteiger partial charge in [-0.15, -0.1) is 0 Å². The predicted octanol–water partition coefficient (Wildman–Crippen LogP) is 4.62. The zero-order valence-corrected chi connectivity index (χ0v) is 21.4. The Balaban J connectivity index is 1.68. The highest BCUT2D eigenvalue weighted by Gasteiger charge is 2.22. The van der Waals surface area contributed by atoms with Gasteiger partial charge in [0.2, 0.25) is 10.0 Å². The molecule has 0 spiro atoms. The number of sulfonamides is 1. The first-order valence-corrected chi connectivity index (χ1v) is 13.6. The van der Waals surface area contributed by atoms with E-state index in [9.17, 15) is 22.0 Å². The third-order valence-corrected chi connectivity index (χ3v) is 6.99. The lowest BCUT2D eigenvalue weighted by atomic mass is 10.1. The molecule has 38 heavy (non-hydrogen) atoms. The number of aromatic nitrogens is 1. The monoisotopic (exact) mass is 547 g/mol. The zero-order valence-electron chi connectivity index (χ0n) is 20.5. The molecule has 1 saturated heterocycles. The topological polar surface area (TPSA) is 107 Å². The van der Waals surface area contributed by atoms with E-state index in [-0.39, 0.29) is 22.8 Å². The number of carbonyl (C=O) groups is 1. The van der Waals surface area contributed by atoms with Crippen molar-refractivity contribution >= 4 is 27.3 Å². The standard InChI is InChI=1S/C26H27F2N3O6S/c1-2-38(33,34)30-25(32)19-7-9-20(10-8-19)31(17-18-5-3-13-29-16-18)21-11-12-22(37-26(27)28)23(15-21)36-24-6-4-14-35-24/h3,5,7-13,15-16,24,26H,2,4,6,14,17H2,1H3,(H,30,32). The minimum atomic E-state index is -3.71. The number of amides is 1. The number of ether oxygens (including phenoxy) is 3. The summed E-state index contributed by atoms with van der Waals surface area (Å²) in [6.07, 6.45) is 4.18. The molecule has 1 fully saturated rings. The molecule has 1 aromatic heterocycles. The number of hydrogen-bond donors (Lipinski definition) is 1. The lowest BCUT2D eigenvalue weighted by Crippen LogP contribution is -2.31. The van der Waals surface area contributed by atoms with Gasteiger partial charge in [-0.1, -0.05) is 6.07 Å². The second kappa shape index (κ2) is 12.2. The van der Waals surface area contributed by atoms with Crippen LogP contribution in [-0.4, -0.2) is 44.6 Å². The molecule has 3 aromatic rings. The van der Waals surface area contributed by atoms with Gasteiger partial charge in [0.1, 0.15) is 0 Å². The van der Waals surface area contributed by atoms with E-state index in [2.05, 4.69) is 9.72 Å². The molecular formula is C26H27F2N3O6S. The van der Waals surface area contributed by atoms with E-state index < -0.39 is 28.8 Å². The molecule has 0 bridgehead atoms. The molecular weight excluding hydrogens is 520 g/mol. The Morgan fingerprint density at radius 1 is 1.16 bits per heavy atom. The second-order valence-corrected chi connectivity index (χ2v) is 10.4. The number of pyridine rings is 1. The van der Waals surface area contributed by atoms with Crippen molar-refractivity contribution in [2.45, 2.75) is 39.2 Å². The number of halogens is 2. The van der Waals surface area contributed by atoms with E-state index in [0.717, 1.165) is 12.0 Å². The maximum absolute atomic E-state index is 13.1. The Labute approximate surface area is 219 Å². The van der Waals surface area contributed by atoms with Crippen molar-refractivity contribution in [3.05, 3.63) is 78.1 Å². The molecule has 2 heterocycles. The van der Waals surface area contributed by atoms with Gasteiger partial charge >= 0.3 is 6.61 Å². The van der Waals surface area contributed by atoms with E-state index in [4.69, 9.17) is 9.47 Å². The quantitative estimate of drug-likeness (QED) is 0.371. The van der Waals surface area contributed by atoms with Crippen LogP contribution in [0.3, 0.4) is 0 Å². The first-order chi connectivity index (χ1) is 18.2. The Kier molecular flexibility index (Phi) is 8.74. The predicted molar refractivity (Wildman–Crippen MR) is 136 cm³/mol. The molecule has 202 valence electrons. The SMILES string of the molecule is CCS(=O)(=O)NC(=O)c1ccc(N(Cc2cccnc2)c2ccc(OC(F)F)c(OC3CCCO3)c2)cc1. The van der Waals surface area contributed by atoms with Crippen LogP contribution in [0.25, 0.3) is 0 Å². The van der Waals surface area contributed by atoms with Crippen LogP contribution >= 0.6 is 0 Å². The smallest absolute Gasteiger partial charge is 0.387 e. The van der Waals surface area contributed by atoms with Crippen LogP contribution in [0.1, 0.15) is 35.7 Å². The van der Waals surface area contributed by atoms with Gasteiger partial charge in [0.05, 0.1) is 12.4 Å². The third kappa shape index (κ3) is 7.17. The van der Waals surface area contributed by atoms with Crippen LogP contribution in [0, 0.1) is 0 Å². The fourth-order valence-corrected chi connectivity index (χ4v) is 4.35. The van der Waals surface area contributed by atoms with Gasteiger partial charge in [-0.25, -0.2) is 13.1 Å². The molecule has 1 amide bonds. The van der Waals surface area contributed by atoms with Crippen molar-refractivity contribution in [3.63, 3.8) is 0 Å². The molecule has 9 nitrogen and oxygen atoms in total. The van der Waals surface area contributed by atoms with E-state index in [1.807, 2.05) is 15.7 Å². The summed E-state index contributed by atoms with van der Waals surface area (Å²) >= 11 is 0.